The van der Waals surface area contributed by atoms with Gasteiger partial charge in [0.1, 0.15) is 5.82 Å². The molecule has 0 aliphatic rings. The fraction of sp³-hybridized carbons (Fsp3) is 0.357. The number of nitro groups is 1. The lowest BCUT2D eigenvalue weighted by atomic mass is 10.2. The molecule has 0 fully saturated rings. The van der Waals surface area contributed by atoms with Gasteiger partial charge in [0.05, 0.1) is 18.1 Å². The van der Waals surface area contributed by atoms with Crippen LogP contribution in [0.25, 0.3) is 0 Å². The molecule has 1 heterocycles. The van der Waals surface area contributed by atoms with Gasteiger partial charge in [-0.2, -0.15) is 15.0 Å². The summed E-state index contributed by atoms with van der Waals surface area (Å²) in [6.07, 6.45) is 0. The van der Waals surface area contributed by atoms with Crippen LogP contribution in [-0.2, 0) is 11.3 Å². The SMILES string of the molecule is Cc1nc(N)nc(NC(C)COCc2ccc([N+](=O)[O-])cc2)n1. The highest BCUT2D eigenvalue weighted by molar-refractivity contribution is 5.33. The highest BCUT2D eigenvalue weighted by Crippen LogP contribution is 2.12. The van der Waals surface area contributed by atoms with Crippen LogP contribution in [0.15, 0.2) is 24.3 Å². The van der Waals surface area contributed by atoms with Gasteiger partial charge in [-0.1, -0.05) is 0 Å². The van der Waals surface area contributed by atoms with Crippen LogP contribution in [0, 0.1) is 17.0 Å². The molecule has 0 spiro atoms. The van der Waals surface area contributed by atoms with Crippen molar-refractivity contribution in [3.05, 3.63) is 45.8 Å². The van der Waals surface area contributed by atoms with E-state index in [2.05, 4.69) is 20.3 Å². The van der Waals surface area contributed by atoms with Crippen LogP contribution in [0.4, 0.5) is 17.6 Å². The van der Waals surface area contributed by atoms with E-state index in [-0.39, 0.29) is 17.7 Å². The smallest absolute Gasteiger partial charge is 0.269 e. The number of hydrogen-bond acceptors (Lipinski definition) is 8. The van der Waals surface area contributed by atoms with E-state index in [9.17, 15) is 10.1 Å². The molecule has 0 radical (unpaired) electrons. The summed E-state index contributed by atoms with van der Waals surface area (Å²) in [7, 11) is 0. The van der Waals surface area contributed by atoms with Crippen molar-refractivity contribution in [2.75, 3.05) is 17.7 Å². The first-order valence-corrected chi connectivity index (χ1v) is 7.00. The Bertz CT molecular complexity index is 656. The molecule has 122 valence electrons. The minimum absolute atomic E-state index is 0.0331. The van der Waals surface area contributed by atoms with Crippen LogP contribution < -0.4 is 11.1 Å². The predicted molar refractivity (Wildman–Crippen MR) is 84.8 cm³/mol. The fourth-order valence-electron chi connectivity index (χ4n) is 1.90. The van der Waals surface area contributed by atoms with Crippen molar-refractivity contribution in [2.45, 2.75) is 26.5 Å². The Balaban J connectivity index is 1.80. The molecule has 1 atom stereocenters. The van der Waals surface area contributed by atoms with Crippen LogP contribution in [0.5, 0.6) is 0 Å². The highest BCUT2D eigenvalue weighted by atomic mass is 16.6. The van der Waals surface area contributed by atoms with E-state index in [1.54, 1.807) is 19.1 Å². The van der Waals surface area contributed by atoms with E-state index in [1.165, 1.54) is 12.1 Å². The molecular formula is C14H18N6O3. The minimum Gasteiger partial charge on any atom is -0.375 e. The van der Waals surface area contributed by atoms with Crippen molar-refractivity contribution in [3.8, 4) is 0 Å². The summed E-state index contributed by atoms with van der Waals surface area (Å²) in [4.78, 5) is 22.2. The monoisotopic (exact) mass is 318 g/mol. The summed E-state index contributed by atoms with van der Waals surface area (Å²) in [5.41, 5.74) is 6.49. The quantitative estimate of drug-likeness (QED) is 0.582. The molecule has 0 saturated heterocycles. The summed E-state index contributed by atoms with van der Waals surface area (Å²) in [5.74, 6) is 1.11. The average molecular weight is 318 g/mol. The highest BCUT2D eigenvalue weighted by Gasteiger charge is 2.08. The van der Waals surface area contributed by atoms with Gasteiger partial charge in [-0.3, -0.25) is 10.1 Å². The van der Waals surface area contributed by atoms with E-state index in [0.717, 1.165) is 5.56 Å². The van der Waals surface area contributed by atoms with Crippen LogP contribution in [0.2, 0.25) is 0 Å². The summed E-state index contributed by atoms with van der Waals surface area (Å²) in [6, 6.07) is 6.22. The number of non-ortho nitro benzene ring substituents is 1. The predicted octanol–water partition coefficient (Wildman–Crippen LogP) is 1.69. The first kappa shape index (κ1) is 16.6. The first-order valence-electron chi connectivity index (χ1n) is 7.00. The van der Waals surface area contributed by atoms with Crippen molar-refractivity contribution in [2.24, 2.45) is 0 Å². The molecule has 0 bridgehead atoms. The molecule has 0 aliphatic carbocycles. The molecule has 9 nitrogen and oxygen atoms in total. The minimum atomic E-state index is -0.432. The zero-order valence-corrected chi connectivity index (χ0v) is 12.9. The van der Waals surface area contributed by atoms with Gasteiger partial charge in [0.2, 0.25) is 11.9 Å². The summed E-state index contributed by atoms with van der Waals surface area (Å²) in [5, 5.41) is 13.7. The molecule has 2 aromatic rings. The molecule has 0 aliphatic heterocycles. The van der Waals surface area contributed by atoms with E-state index < -0.39 is 4.92 Å². The van der Waals surface area contributed by atoms with Gasteiger partial charge in [-0.25, -0.2) is 0 Å². The Morgan fingerprint density at radius 1 is 1.30 bits per heavy atom. The summed E-state index contributed by atoms with van der Waals surface area (Å²) in [6.45, 7) is 4.44. The lowest BCUT2D eigenvalue weighted by molar-refractivity contribution is -0.384. The third-order valence-corrected chi connectivity index (χ3v) is 2.92. The third-order valence-electron chi connectivity index (χ3n) is 2.92. The van der Waals surface area contributed by atoms with Gasteiger partial charge >= 0.3 is 0 Å². The van der Waals surface area contributed by atoms with Crippen LogP contribution in [0.3, 0.4) is 0 Å². The van der Waals surface area contributed by atoms with E-state index >= 15 is 0 Å². The Morgan fingerprint density at radius 2 is 2.00 bits per heavy atom. The van der Waals surface area contributed by atoms with Gasteiger partial charge in [-0.05, 0) is 31.5 Å². The zero-order valence-electron chi connectivity index (χ0n) is 12.9. The largest absolute Gasteiger partial charge is 0.375 e. The molecule has 0 saturated carbocycles. The van der Waals surface area contributed by atoms with Crippen molar-refractivity contribution < 1.29 is 9.66 Å². The van der Waals surface area contributed by atoms with Gasteiger partial charge < -0.3 is 15.8 Å². The van der Waals surface area contributed by atoms with Gasteiger partial charge in [0, 0.05) is 18.2 Å². The number of nitrogens with one attached hydrogen (secondary N) is 1. The Hall–Kier alpha value is -2.81. The van der Waals surface area contributed by atoms with Crippen molar-refractivity contribution in [1.29, 1.82) is 0 Å². The second-order valence-corrected chi connectivity index (χ2v) is 5.05. The van der Waals surface area contributed by atoms with Gasteiger partial charge in [0.25, 0.3) is 5.69 Å². The normalized spacial score (nSPS) is 11.9. The second kappa shape index (κ2) is 7.45. The standard InChI is InChI=1S/C14H18N6O3/c1-9(16-14-18-10(2)17-13(15)19-14)7-23-8-11-3-5-12(6-4-11)20(21)22/h3-6,9H,7-8H2,1-2H3,(H3,15,16,17,18,19). The molecule has 23 heavy (non-hydrogen) atoms. The van der Waals surface area contributed by atoms with Crippen LogP contribution in [-0.4, -0.2) is 32.5 Å². The van der Waals surface area contributed by atoms with E-state index in [4.69, 9.17) is 10.5 Å². The van der Waals surface area contributed by atoms with Crippen LogP contribution >= 0.6 is 0 Å². The van der Waals surface area contributed by atoms with Crippen molar-refractivity contribution in [1.82, 2.24) is 15.0 Å². The van der Waals surface area contributed by atoms with Crippen molar-refractivity contribution >= 4 is 17.6 Å². The lowest BCUT2D eigenvalue weighted by Crippen LogP contribution is -2.23. The molecular weight excluding hydrogens is 300 g/mol. The number of anilines is 2. The maximum atomic E-state index is 10.6. The maximum absolute atomic E-state index is 10.6. The molecule has 1 aromatic heterocycles. The number of nitro benzene ring substituents is 1. The Labute approximate surface area is 133 Å². The van der Waals surface area contributed by atoms with Crippen molar-refractivity contribution in [3.63, 3.8) is 0 Å². The molecule has 1 unspecified atom stereocenters. The number of hydrogen-bond donors (Lipinski definition) is 2. The molecule has 2 rings (SSSR count). The molecule has 9 heteroatoms. The molecule has 0 amide bonds. The van der Waals surface area contributed by atoms with E-state index in [1.807, 2.05) is 6.92 Å². The van der Waals surface area contributed by atoms with Crippen LogP contribution in [0.1, 0.15) is 18.3 Å². The number of ether oxygens (including phenoxy) is 1. The number of aryl methyl sites for hydroxylation is 1. The average Bonchev–Trinajstić information content (AvgIpc) is 2.46. The number of benzene rings is 1. The number of nitrogens with zero attached hydrogens (tertiary/aromatic N) is 4. The molecule has 1 aromatic carbocycles. The number of rotatable bonds is 7. The fourth-order valence-corrected chi connectivity index (χ4v) is 1.90. The Kier molecular flexibility index (Phi) is 5.36. The number of nitrogens with two attached hydrogens (primary N) is 1. The maximum Gasteiger partial charge on any atom is 0.269 e. The molecule has 3 N–H and O–H groups in total. The number of aromatic nitrogens is 3. The third kappa shape index (κ3) is 5.15. The number of nitrogen functional groups attached to an aromatic ring is 1. The van der Waals surface area contributed by atoms with E-state index in [0.29, 0.717) is 25.0 Å². The summed E-state index contributed by atoms with van der Waals surface area (Å²) >= 11 is 0. The second-order valence-electron chi connectivity index (χ2n) is 5.05. The summed E-state index contributed by atoms with van der Waals surface area (Å²) < 4.78 is 5.58. The first-order chi connectivity index (χ1) is 10.9. The topological polar surface area (TPSA) is 129 Å². The zero-order chi connectivity index (χ0) is 16.8. The van der Waals surface area contributed by atoms with Gasteiger partial charge in [0.15, 0.2) is 0 Å². The lowest BCUT2D eigenvalue weighted by Gasteiger charge is -2.14. The van der Waals surface area contributed by atoms with Gasteiger partial charge in [-0.15, -0.1) is 0 Å². The Morgan fingerprint density at radius 3 is 2.61 bits per heavy atom.